The number of hydrogen-bond acceptors (Lipinski definition) is 3. The van der Waals surface area contributed by atoms with Gasteiger partial charge in [0.1, 0.15) is 12.4 Å². The van der Waals surface area contributed by atoms with E-state index >= 15 is 0 Å². The first-order chi connectivity index (χ1) is 12.7. The number of rotatable bonds is 7. The van der Waals surface area contributed by atoms with E-state index in [1.807, 2.05) is 84.9 Å². The van der Waals surface area contributed by atoms with E-state index in [9.17, 15) is 10.0 Å². The molecule has 26 heavy (non-hydrogen) atoms. The molecular formula is C22H20NO3-. The normalized spacial score (nSPS) is 10.3. The summed E-state index contributed by atoms with van der Waals surface area (Å²) in [6, 6.07) is 26.4. The number of carbonyl (C=O) groups excluding carboxylic acids is 1. The van der Waals surface area contributed by atoms with Crippen molar-refractivity contribution in [1.82, 2.24) is 5.06 Å². The Morgan fingerprint density at radius 2 is 1.35 bits per heavy atom. The largest absolute Gasteiger partial charge is 0.756 e. The molecule has 0 bridgehead atoms. The van der Waals surface area contributed by atoms with Crippen LogP contribution in [0.15, 0.2) is 84.9 Å². The highest BCUT2D eigenvalue weighted by atomic mass is 16.5. The fraction of sp³-hybridized carbons (Fsp3) is 0.136. The molecule has 0 saturated carbocycles. The molecule has 0 heterocycles. The maximum atomic E-state index is 12.1. The van der Waals surface area contributed by atoms with Crippen LogP contribution < -0.4 is 4.74 Å². The molecule has 3 aromatic rings. The van der Waals surface area contributed by atoms with Crippen molar-refractivity contribution in [1.29, 1.82) is 0 Å². The molecule has 4 nitrogen and oxygen atoms in total. The molecule has 3 rings (SSSR count). The van der Waals surface area contributed by atoms with E-state index in [4.69, 9.17) is 4.74 Å². The lowest BCUT2D eigenvalue weighted by Crippen LogP contribution is -2.26. The van der Waals surface area contributed by atoms with Crippen LogP contribution in [0, 0.1) is 5.21 Å². The van der Waals surface area contributed by atoms with E-state index in [-0.39, 0.29) is 13.0 Å². The van der Waals surface area contributed by atoms with Crippen LogP contribution in [0.3, 0.4) is 0 Å². The highest BCUT2D eigenvalue weighted by Gasteiger charge is 2.07. The average molecular weight is 346 g/mol. The second-order valence-corrected chi connectivity index (χ2v) is 6.01. The van der Waals surface area contributed by atoms with E-state index < -0.39 is 5.91 Å². The number of nitrogens with zero attached hydrogens (tertiary/aromatic N) is 1. The van der Waals surface area contributed by atoms with Gasteiger partial charge in [0.15, 0.2) is 0 Å². The van der Waals surface area contributed by atoms with Crippen LogP contribution in [0.1, 0.15) is 16.7 Å². The molecule has 0 unspecified atom stereocenters. The zero-order valence-electron chi connectivity index (χ0n) is 14.4. The van der Waals surface area contributed by atoms with Gasteiger partial charge >= 0.3 is 0 Å². The van der Waals surface area contributed by atoms with Crippen molar-refractivity contribution < 1.29 is 9.53 Å². The Morgan fingerprint density at radius 3 is 1.96 bits per heavy atom. The van der Waals surface area contributed by atoms with E-state index in [2.05, 4.69) is 0 Å². The lowest BCUT2D eigenvalue weighted by atomic mass is 10.1. The number of ether oxygens (including phenoxy) is 1. The van der Waals surface area contributed by atoms with Crippen LogP contribution in [0.4, 0.5) is 0 Å². The smallest absolute Gasteiger partial charge is 0.216 e. The highest BCUT2D eigenvalue weighted by molar-refractivity contribution is 5.79. The Balaban J connectivity index is 1.51. The number of hydrogen-bond donors (Lipinski definition) is 0. The van der Waals surface area contributed by atoms with Crippen molar-refractivity contribution in [3.63, 3.8) is 0 Å². The van der Waals surface area contributed by atoms with E-state index in [0.29, 0.717) is 11.7 Å². The molecule has 0 radical (unpaired) electrons. The molecule has 4 heteroatoms. The summed E-state index contributed by atoms with van der Waals surface area (Å²) < 4.78 is 5.72. The lowest BCUT2D eigenvalue weighted by Gasteiger charge is -2.28. The predicted molar refractivity (Wildman–Crippen MR) is 101 cm³/mol. The van der Waals surface area contributed by atoms with Gasteiger partial charge in [-0.2, -0.15) is 0 Å². The van der Waals surface area contributed by atoms with Crippen molar-refractivity contribution in [2.45, 2.75) is 19.6 Å². The van der Waals surface area contributed by atoms with Crippen molar-refractivity contribution in [2.24, 2.45) is 0 Å². The molecule has 0 saturated heterocycles. The highest BCUT2D eigenvalue weighted by Crippen LogP contribution is 2.15. The zero-order chi connectivity index (χ0) is 18.2. The minimum Gasteiger partial charge on any atom is -0.756 e. The first-order valence-electron chi connectivity index (χ1n) is 8.48. The van der Waals surface area contributed by atoms with Crippen LogP contribution in [-0.2, 0) is 24.4 Å². The molecule has 0 fully saturated rings. The maximum absolute atomic E-state index is 12.1. The quantitative estimate of drug-likeness (QED) is 0.598. The molecule has 0 atom stereocenters. The molecule has 1 amide bonds. The standard InChI is InChI=1S/C22H20NO3/c24-22(23(25)16-19-7-3-1-4-8-19)15-18-11-13-21(14-12-18)26-17-20-9-5-2-6-10-20/h1-14H,15-17H2/q-1. The Hall–Kier alpha value is -3.11. The van der Waals surface area contributed by atoms with Crippen LogP contribution in [0.5, 0.6) is 5.75 Å². The van der Waals surface area contributed by atoms with Gasteiger partial charge < -0.3 is 15.0 Å². The van der Waals surface area contributed by atoms with Gasteiger partial charge in [-0.15, -0.1) is 0 Å². The molecule has 0 spiro atoms. The third-order valence-corrected chi connectivity index (χ3v) is 3.97. The van der Waals surface area contributed by atoms with Gasteiger partial charge in [-0.3, -0.25) is 4.79 Å². The van der Waals surface area contributed by atoms with E-state index in [0.717, 1.165) is 22.4 Å². The molecule has 3 aromatic carbocycles. The van der Waals surface area contributed by atoms with Crippen molar-refractivity contribution >= 4 is 5.91 Å². The number of carbonyl (C=O) groups is 1. The predicted octanol–water partition coefficient (Wildman–Crippen LogP) is 4.33. The lowest BCUT2D eigenvalue weighted by molar-refractivity contribution is -0.128. The minimum atomic E-state index is -0.452. The molecule has 132 valence electrons. The number of amides is 1. The SMILES string of the molecule is O=C(Cc1ccc(OCc2ccccc2)cc1)N([O-])Cc1ccccc1. The monoisotopic (exact) mass is 346 g/mol. The van der Waals surface area contributed by atoms with Gasteiger partial charge in [-0.05, 0) is 28.8 Å². The molecule has 0 aliphatic rings. The third-order valence-electron chi connectivity index (χ3n) is 3.97. The number of hydroxylamine groups is 2. The van der Waals surface area contributed by atoms with Gasteiger partial charge in [-0.25, -0.2) is 0 Å². The molecular weight excluding hydrogens is 326 g/mol. The van der Waals surface area contributed by atoms with Crippen LogP contribution in [-0.4, -0.2) is 11.0 Å². The summed E-state index contributed by atoms with van der Waals surface area (Å²) in [6.07, 6.45) is 0.0787. The molecule has 0 N–H and O–H groups in total. The Bertz CT molecular complexity index is 817. The van der Waals surface area contributed by atoms with Gasteiger partial charge in [0, 0.05) is 6.54 Å². The first kappa shape index (κ1) is 17.7. The third kappa shape index (κ3) is 5.19. The van der Waals surface area contributed by atoms with Crippen LogP contribution in [0.2, 0.25) is 0 Å². The van der Waals surface area contributed by atoms with Gasteiger partial charge in [-0.1, -0.05) is 72.8 Å². The summed E-state index contributed by atoms with van der Waals surface area (Å²) in [6.45, 7) is 0.558. The van der Waals surface area contributed by atoms with Crippen LogP contribution in [0.25, 0.3) is 0 Å². The zero-order valence-corrected chi connectivity index (χ0v) is 14.4. The topological polar surface area (TPSA) is 52.6 Å². The number of benzene rings is 3. The first-order valence-corrected chi connectivity index (χ1v) is 8.48. The molecule has 0 aliphatic heterocycles. The van der Waals surface area contributed by atoms with E-state index in [1.54, 1.807) is 0 Å². The van der Waals surface area contributed by atoms with E-state index in [1.165, 1.54) is 0 Å². The Kier molecular flexibility index (Phi) is 6.01. The minimum absolute atomic E-state index is 0.0674. The Morgan fingerprint density at radius 1 is 0.769 bits per heavy atom. The second kappa shape index (κ2) is 8.83. The summed E-state index contributed by atoms with van der Waals surface area (Å²) >= 11 is 0. The van der Waals surface area contributed by atoms with Gasteiger partial charge in [0.05, 0.1) is 6.42 Å². The van der Waals surface area contributed by atoms with Crippen molar-refractivity contribution in [3.8, 4) is 5.75 Å². The average Bonchev–Trinajstić information content (AvgIpc) is 2.69. The Labute approximate surface area is 153 Å². The fourth-order valence-electron chi connectivity index (χ4n) is 2.54. The van der Waals surface area contributed by atoms with Gasteiger partial charge in [0.25, 0.3) is 0 Å². The summed E-state index contributed by atoms with van der Waals surface area (Å²) in [5, 5.41) is 12.5. The van der Waals surface area contributed by atoms with Crippen molar-refractivity contribution in [2.75, 3.05) is 0 Å². The second-order valence-electron chi connectivity index (χ2n) is 6.01. The van der Waals surface area contributed by atoms with Crippen LogP contribution >= 0.6 is 0 Å². The summed E-state index contributed by atoms with van der Waals surface area (Å²) in [7, 11) is 0. The fourth-order valence-corrected chi connectivity index (χ4v) is 2.54. The van der Waals surface area contributed by atoms with Gasteiger partial charge in [0.2, 0.25) is 5.91 Å². The summed E-state index contributed by atoms with van der Waals surface area (Å²) in [5.41, 5.74) is 2.70. The summed E-state index contributed by atoms with van der Waals surface area (Å²) in [4.78, 5) is 12.1. The van der Waals surface area contributed by atoms with Crippen molar-refractivity contribution in [3.05, 3.63) is 107 Å². The summed E-state index contributed by atoms with van der Waals surface area (Å²) in [5.74, 6) is 0.278. The maximum Gasteiger partial charge on any atom is 0.216 e. The molecule has 0 aliphatic carbocycles. The molecule has 0 aromatic heterocycles.